The molecule has 170 valence electrons. The van der Waals surface area contributed by atoms with E-state index in [2.05, 4.69) is 5.32 Å². The normalized spacial score (nSPS) is 14.6. The fourth-order valence-corrected chi connectivity index (χ4v) is 5.26. The van der Waals surface area contributed by atoms with Gasteiger partial charge in [0.05, 0.1) is 24.2 Å². The quantitative estimate of drug-likeness (QED) is 0.576. The van der Waals surface area contributed by atoms with Gasteiger partial charge in [-0.05, 0) is 48.9 Å². The molecular formula is C23H20ClN3O5S. The molecule has 1 aliphatic rings. The van der Waals surface area contributed by atoms with Crippen LogP contribution in [0.4, 0.5) is 21.9 Å². The number of urea groups is 1. The zero-order valence-electron chi connectivity index (χ0n) is 17.8. The number of benzene rings is 3. The molecule has 3 amide bonds. The molecule has 10 heteroatoms. The number of hydrogen-bond acceptors (Lipinski definition) is 5. The van der Waals surface area contributed by atoms with Gasteiger partial charge in [-0.15, -0.1) is 0 Å². The minimum absolute atomic E-state index is 0.0836. The van der Waals surface area contributed by atoms with Crippen molar-refractivity contribution in [2.45, 2.75) is 11.8 Å². The molecule has 1 aliphatic heterocycles. The number of nitrogens with zero attached hydrogens (tertiary/aromatic N) is 2. The summed E-state index contributed by atoms with van der Waals surface area (Å²) in [4.78, 5) is 27.3. The minimum atomic E-state index is -4.22. The second-order valence-corrected chi connectivity index (χ2v) is 9.45. The highest BCUT2D eigenvalue weighted by atomic mass is 35.5. The van der Waals surface area contributed by atoms with Gasteiger partial charge in [-0.25, -0.2) is 13.2 Å². The average molecular weight is 486 g/mol. The Morgan fingerprint density at radius 2 is 1.76 bits per heavy atom. The summed E-state index contributed by atoms with van der Waals surface area (Å²) in [5, 5.41) is 3.02. The number of anilines is 3. The Hall–Kier alpha value is -3.56. The summed E-state index contributed by atoms with van der Waals surface area (Å²) < 4.78 is 32.6. The van der Waals surface area contributed by atoms with E-state index >= 15 is 0 Å². The van der Waals surface area contributed by atoms with Gasteiger partial charge >= 0.3 is 6.03 Å². The first-order valence-corrected chi connectivity index (χ1v) is 11.7. The molecular weight excluding hydrogens is 466 g/mol. The second-order valence-electron chi connectivity index (χ2n) is 7.29. The van der Waals surface area contributed by atoms with Crippen LogP contribution in [0, 0.1) is 6.92 Å². The van der Waals surface area contributed by atoms with Gasteiger partial charge < -0.3 is 10.1 Å². The highest BCUT2D eigenvalue weighted by Gasteiger charge is 2.43. The molecule has 33 heavy (non-hydrogen) atoms. The monoisotopic (exact) mass is 485 g/mol. The highest BCUT2D eigenvalue weighted by molar-refractivity contribution is 7.94. The topological polar surface area (TPSA) is 96.0 Å². The molecule has 0 saturated carbocycles. The predicted molar refractivity (Wildman–Crippen MR) is 127 cm³/mol. The van der Waals surface area contributed by atoms with Crippen molar-refractivity contribution in [3.8, 4) is 5.75 Å². The van der Waals surface area contributed by atoms with Crippen LogP contribution in [-0.2, 0) is 14.8 Å². The van der Waals surface area contributed by atoms with E-state index in [4.69, 9.17) is 16.3 Å². The van der Waals surface area contributed by atoms with Crippen molar-refractivity contribution < 1.29 is 22.7 Å². The number of ether oxygens (including phenoxy) is 1. The summed E-state index contributed by atoms with van der Waals surface area (Å²) in [5.74, 6) is -0.0708. The number of methoxy groups -OCH3 is 1. The second kappa shape index (κ2) is 8.76. The summed E-state index contributed by atoms with van der Waals surface area (Å²) in [6, 6.07) is 16.5. The zero-order valence-corrected chi connectivity index (χ0v) is 19.4. The molecule has 0 aromatic heterocycles. The third kappa shape index (κ3) is 4.12. The number of sulfonamides is 1. The number of carbonyl (C=O) groups excluding carboxylic acids is 2. The Kier molecular flexibility index (Phi) is 6.01. The first-order chi connectivity index (χ1) is 15.7. The molecule has 0 spiro atoms. The van der Waals surface area contributed by atoms with Gasteiger partial charge in [0.15, 0.2) is 0 Å². The SMILES string of the molecule is COc1ccccc1NC(=O)CN1C(=O)N(c2ccc(C)c(Cl)c2)S(=O)(=O)c2ccccc21. The Morgan fingerprint density at radius 1 is 1.06 bits per heavy atom. The summed E-state index contributed by atoms with van der Waals surface area (Å²) in [5.41, 5.74) is 1.36. The number of aryl methyl sites for hydroxylation is 1. The molecule has 3 aromatic rings. The average Bonchev–Trinajstić information content (AvgIpc) is 2.79. The van der Waals surface area contributed by atoms with Gasteiger partial charge in [-0.1, -0.05) is 41.9 Å². The molecule has 0 fully saturated rings. The number of nitrogens with one attached hydrogen (secondary N) is 1. The molecule has 1 N–H and O–H groups in total. The first-order valence-electron chi connectivity index (χ1n) is 9.89. The molecule has 0 aliphatic carbocycles. The van der Waals surface area contributed by atoms with E-state index in [0.29, 0.717) is 20.8 Å². The van der Waals surface area contributed by atoms with Crippen molar-refractivity contribution in [3.05, 3.63) is 77.3 Å². The third-order valence-corrected chi connectivity index (χ3v) is 7.31. The fraction of sp³-hybridized carbons (Fsp3) is 0.130. The summed E-state index contributed by atoms with van der Waals surface area (Å²) in [7, 11) is -2.74. The molecule has 1 heterocycles. The van der Waals surface area contributed by atoms with Crippen LogP contribution >= 0.6 is 11.6 Å². The van der Waals surface area contributed by atoms with Crippen molar-refractivity contribution in [3.63, 3.8) is 0 Å². The lowest BCUT2D eigenvalue weighted by molar-refractivity contribution is -0.114. The van der Waals surface area contributed by atoms with Crippen molar-refractivity contribution in [1.29, 1.82) is 0 Å². The highest BCUT2D eigenvalue weighted by Crippen LogP contribution is 2.38. The number of fused-ring (bicyclic) bond motifs is 1. The van der Waals surface area contributed by atoms with E-state index in [-0.39, 0.29) is 16.3 Å². The van der Waals surface area contributed by atoms with Crippen LogP contribution in [0.3, 0.4) is 0 Å². The molecule has 0 unspecified atom stereocenters. The lowest BCUT2D eigenvalue weighted by atomic mass is 10.2. The Morgan fingerprint density at radius 3 is 2.48 bits per heavy atom. The minimum Gasteiger partial charge on any atom is -0.495 e. The number of amides is 3. The lowest BCUT2D eigenvalue weighted by Gasteiger charge is -2.36. The van der Waals surface area contributed by atoms with E-state index in [1.165, 1.54) is 31.4 Å². The maximum atomic E-state index is 13.4. The molecule has 0 saturated heterocycles. The molecule has 0 atom stereocenters. The Balaban J connectivity index is 1.73. The third-order valence-electron chi connectivity index (χ3n) is 5.15. The standard InChI is InChI=1S/C23H20ClN3O5S/c1-15-11-12-16(13-17(15)24)27-23(29)26(19-8-4-6-10-21(19)33(27,30)31)14-22(28)25-18-7-3-5-9-20(18)32-2/h3-13H,14H2,1-2H3,(H,25,28). The number of rotatable bonds is 5. The number of halogens is 1. The van der Waals surface area contributed by atoms with Gasteiger partial charge in [-0.2, -0.15) is 4.31 Å². The van der Waals surface area contributed by atoms with E-state index in [0.717, 1.165) is 10.5 Å². The zero-order chi connectivity index (χ0) is 23.8. The number of para-hydroxylation sites is 3. The molecule has 8 nitrogen and oxygen atoms in total. The largest absolute Gasteiger partial charge is 0.495 e. The van der Waals surface area contributed by atoms with Crippen molar-refractivity contribution in [2.24, 2.45) is 0 Å². The molecule has 3 aromatic carbocycles. The maximum absolute atomic E-state index is 13.4. The van der Waals surface area contributed by atoms with Gasteiger partial charge in [0, 0.05) is 5.02 Å². The van der Waals surface area contributed by atoms with Crippen LogP contribution in [0.1, 0.15) is 5.56 Å². The Labute approximate surface area is 196 Å². The molecule has 4 rings (SSSR count). The molecule has 0 bridgehead atoms. The van der Waals surface area contributed by atoms with Gasteiger partial charge in [0.25, 0.3) is 10.0 Å². The first kappa shape index (κ1) is 22.6. The van der Waals surface area contributed by atoms with Crippen molar-refractivity contribution >= 4 is 50.6 Å². The van der Waals surface area contributed by atoms with Crippen LogP contribution in [0.15, 0.2) is 71.6 Å². The van der Waals surface area contributed by atoms with Crippen LogP contribution in [0.5, 0.6) is 5.75 Å². The van der Waals surface area contributed by atoms with Gasteiger partial charge in [0.2, 0.25) is 5.91 Å². The van der Waals surface area contributed by atoms with E-state index in [9.17, 15) is 18.0 Å². The predicted octanol–water partition coefficient (Wildman–Crippen LogP) is 4.43. The number of carbonyl (C=O) groups is 2. The van der Waals surface area contributed by atoms with E-state index in [1.54, 1.807) is 49.4 Å². The maximum Gasteiger partial charge on any atom is 0.343 e. The summed E-state index contributed by atoms with van der Waals surface area (Å²) in [6.07, 6.45) is 0. The van der Waals surface area contributed by atoms with Gasteiger partial charge in [0.1, 0.15) is 17.2 Å². The van der Waals surface area contributed by atoms with Crippen molar-refractivity contribution in [1.82, 2.24) is 0 Å². The smallest absolute Gasteiger partial charge is 0.343 e. The van der Waals surface area contributed by atoms with E-state index in [1.807, 2.05) is 0 Å². The van der Waals surface area contributed by atoms with E-state index < -0.39 is 28.5 Å². The molecule has 0 radical (unpaired) electrons. The fourth-order valence-electron chi connectivity index (χ4n) is 3.50. The number of hydrogen-bond donors (Lipinski definition) is 1. The van der Waals surface area contributed by atoms with Crippen LogP contribution in [0.25, 0.3) is 0 Å². The Bertz CT molecular complexity index is 1360. The summed E-state index contributed by atoms with van der Waals surface area (Å²) in [6.45, 7) is 1.35. The summed E-state index contributed by atoms with van der Waals surface area (Å²) >= 11 is 6.19. The van der Waals surface area contributed by atoms with Crippen molar-refractivity contribution in [2.75, 3.05) is 28.2 Å². The lowest BCUT2D eigenvalue weighted by Crippen LogP contribution is -2.53. The van der Waals surface area contributed by atoms with Crippen LogP contribution in [-0.4, -0.2) is 34.0 Å². The van der Waals surface area contributed by atoms with Crippen LogP contribution < -0.4 is 19.3 Å². The van der Waals surface area contributed by atoms with Gasteiger partial charge in [-0.3, -0.25) is 9.69 Å². The van der Waals surface area contributed by atoms with Crippen LogP contribution in [0.2, 0.25) is 5.02 Å².